The summed E-state index contributed by atoms with van der Waals surface area (Å²) in [6.07, 6.45) is 1.35. The zero-order valence-corrected chi connectivity index (χ0v) is 19.9. The van der Waals surface area contributed by atoms with E-state index in [-0.39, 0.29) is 30.9 Å². The van der Waals surface area contributed by atoms with E-state index in [0.717, 1.165) is 35.1 Å². The second-order valence-corrected chi connectivity index (χ2v) is 10.1. The summed E-state index contributed by atoms with van der Waals surface area (Å²) in [5.41, 5.74) is 2.51. The number of amides is 2. The highest BCUT2D eigenvalue weighted by Crippen LogP contribution is 2.44. The maximum atomic E-state index is 13.0. The molecule has 0 heterocycles. The Morgan fingerprint density at radius 2 is 1.53 bits per heavy atom. The van der Waals surface area contributed by atoms with Crippen molar-refractivity contribution in [2.24, 2.45) is 11.3 Å². The molecule has 0 bridgehead atoms. The van der Waals surface area contributed by atoms with Crippen LogP contribution >= 0.6 is 0 Å². The minimum absolute atomic E-state index is 0.0282. The van der Waals surface area contributed by atoms with Crippen LogP contribution in [0.3, 0.4) is 0 Å². The SMILES string of the molecule is CC(C)(CCNC(=O)C(C)(NC(=O)OCC1c2ccccc2-c2ccccc21)C1CC1)C(=O)O. The average molecular weight is 465 g/mol. The molecule has 1 unspecified atom stereocenters. The zero-order valence-electron chi connectivity index (χ0n) is 19.9. The maximum Gasteiger partial charge on any atom is 0.408 e. The normalized spacial score (nSPS) is 16.7. The number of benzene rings is 2. The van der Waals surface area contributed by atoms with E-state index in [2.05, 4.69) is 34.9 Å². The molecule has 0 saturated heterocycles. The van der Waals surface area contributed by atoms with Crippen LogP contribution in [0, 0.1) is 11.3 Å². The fraction of sp³-hybridized carbons (Fsp3) is 0.444. The van der Waals surface area contributed by atoms with Crippen LogP contribution in [0.2, 0.25) is 0 Å². The Kier molecular flexibility index (Phi) is 6.39. The third kappa shape index (κ3) is 4.65. The zero-order chi connectivity index (χ0) is 24.5. The predicted molar refractivity (Wildman–Crippen MR) is 128 cm³/mol. The summed E-state index contributed by atoms with van der Waals surface area (Å²) < 4.78 is 5.65. The molecule has 0 aromatic heterocycles. The van der Waals surface area contributed by atoms with Crippen molar-refractivity contribution in [3.8, 4) is 11.1 Å². The molecule has 2 aromatic carbocycles. The molecule has 2 aliphatic carbocycles. The number of carboxylic acid groups (broad SMARTS) is 1. The van der Waals surface area contributed by atoms with E-state index in [0.29, 0.717) is 6.42 Å². The largest absolute Gasteiger partial charge is 0.481 e. The number of carbonyl (C=O) groups excluding carboxylic acids is 2. The van der Waals surface area contributed by atoms with Crippen molar-refractivity contribution in [2.45, 2.75) is 51.5 Å². The number of nitrogens with one attached hydrogen (secondary N) is 2. The third-order valence-corrected chi connectivity index (χ3v) is 7.19. The van der Waals surface area contributed by atoms with E-state index >= 15 is 0 Å². The number of rotatable bonds is 9. The van der Waals surface area contributed by atoms with Crippen molar-refractivity contribution in [3.05, 3.63) is 59.7 Å². The van der Waals surface area contributed by atoms with Crippen LogP contribution in [0.4, 0.5) is 4.79 Å². The second-order valence-electron chi connectivity index (χ2n) is 10.1. The van der Waals surface area contributed by atoms with E-state index in [1.54, 1.807) is 20.8 Å². The van der Waals surface area contributed by atoms with Crippen molar-refractivity contribution in [1.82, 2.24) is 10.6 Å². The van der Waals surface area contributed by atoms with Gasteiger partial charge in [-0.05, 0) is 68.2 Å². The molecular formula is C27H32N2O5. The fourth-order valence-electron chi connectivity index (χ4n) is 4.63. The molecule has 180 valence electrons. The number of fused-ring (bicyclic) bond motifs is 3. The van der Waals surface area contributed by atoms with Crippen LogP contribution in [0.1, 0.15) is 57.1 Å². The monoisotopic (exact) mass is 464 g/mol. The van der Waals surface area contributed by atoms with Gasteiger partial charge in [-0.15, -0.1) is 0 Å². The molecule has 0 aliphatic heterocycles. The first-order valence-electron chi connectivity index (χ1n) is 11.8. The molecule has 0 radical (unpaired) electrons. The Hall–Kier alpha value is -3.35. The quantitative estimate of drug-likeness (QED) is 0.513. The van der Waals surface area contributed by atoms with Crippen molar-refractivity contribution < 1.29 is 24.2 Å². The fourth-order valence-corrected chi connectivity index (χ4v) is 4.63. The predicted octanol–water partition coefficient (Wildman–Crippen LogP) is 4.31. The summed E-state index contributed by atoms with van der Waals surface area (Å²) in [4.78, 5) is 37.1. The number of ether oxygens (including phenoxy) is 1. The summed E-state index contributed by atoms with van der Waals surface area (Å²) >= 11 is 0. The van der Waals surface area contributed by atoms with Gasteiger partial charge in [0.2, 0.25) is 5.91 Å². The van der Waals surface area contributed by atoms with Gasteiger partial charge in [0.25, 0.3) is 0 Å². The summed E-state index contributed by atoms with van der Waals surface area (Å²) in [5.74, 6) is -1.26. The molecule has 3 N–H and O–H groups in total. The van der Waals surface area contributed by atoms with Gasteiger partial charge in [0.05, 0.1) is 5.41 Å². The second kappa shape index (κ2) is 9.12. The van der Waals surface area contributed by atoms with E-state index in [1.165, 1.54) is 0 Å². The average Bonchev–Trinajstić information content (AvgIpc) is 3.61. The molecule has 34 heavy (non-hydrogen) atoms. The van der Waals surface area contributed by atoms with Crippen LogP contribution < -0.4 is 10.6 Å². The molecule has 2 amide bonds. The van der Waals surface area contributed by atoms with Crippen molar-refractivity contribution in [3.63, 3.8) is 0 Å². The highest BCUT2D eigenvalue weighted by molar-refractivity contribution is 5.90. The molecule has 1 atom stereocenters. The lowest BCUT2D eigenvalue weighted by Gasteiger charge is -2.30. The first kappa shape index (κ1) is 23.8. The number of hydrogen-bond acceptors (Lipinski definition) is 4. The molecule has 2 aliphatic rings. The van der Waals surface area contributed by atoms with Crippen LogP contribution in [0.15, 0.2) is 48.5 Å². The van der Waals surface area contributed by atoms with Gasteiger partial charge in [-0.25, -0.2) is 4.79 Å². The van der Waals surface area contributed by atoms with E-state index < -0.39 is 23.0 Å². The van der Waals surface area contributed by atoms with Crippen LogP contribution in [0.25, 0.3) is 11.1 Å². The highest BCUT2D eigenvalue weighted by atomic mass is 16.5. The number of carboxylic acids is 1. The minimum Gasteiger partial charge on any atom is -0.481 e. The van der Waals surface area contributed by atoms with Gasteiger partial charge in [-0.2, -0.15) is 0 Å². The summed E-state index contributed by atoms with van der Waals surface area (Å²) in [5, 5.41) is 14.9. The van der Waals surface area contributed by atoms with E-state index in [4.69, 9.17) is 4.74 Å². The van der Waals surface area contributed by atoms with Crippen molar-refractivity contribution in [2.75, 3.05) is 13.2 Å². The van der Waals surface area contributed by atoms with Crippen LogP contribution in [-0.2, 0) is 14.3 Å². The van der Waals surface area contributed by atoms with Crippen molar-refractivity contribution in [1.29, 1.82) is 0 Å². The Labute approximate surface area is 199 Å². The van der Waals surface area contributed by atoms with Crippen molar-refractivity contribution >= 4 is 18.0 Å². The Bertz CT molecular complexity index is 1060. The molecule has 4 rings (SSSR count). The Morgan fingerprint density at radius 1 is 0.971 bits per heavy atom. The van der Waals surface area contributed by atoms with Crippen LogP contribution in [0.5, 0.6) is 0 Å². The van der Waals surface area contributed by atoms with Crippen LogP contribution in [-0.4, -0.2) is 41.8 Å². The Morgan fingerprint density at radius 3 is 2.06 bits per heavy atom. The smallest absolute Gasteiger partial charge is 0.408 e. The summed E-state index contributed by atoms with van der Waals surface area (Å²) in [7, 11) is 0. The molecule has 7 nitrogen and oxygen atoms in total. The van der Waals surface area contributed by atoms with Gasteiger partial charge in [-0.1, -0.05) is 48.5 Å². The van der Waals surface area contributed by atoms with E-state index in [9.17, 15) is 19.5 Å². The third-order valence-electron chi connectivity index (χ3n) is 7.19. The maximum absolute atomic E-state index is 13.0. The minimum atomic E-state index is -1.10. The van der Waals surface area contributed by atoms with Gasteiger partial charge < -0.3 is 20.5 Å². The van der Waals surface area contributed by atoms with Gasteiger partial charge in [0.15, 0.2) is 0 Å². The van der Waals surface area contributed by atoms with Gasteiger partial charge in [-0.3, -0.25) is 9.59 Å². The molecular weight excluding hydrogens is 432 g/mol. The Balaban J connectivity index is 1.38. The number of carbonyl (C=O) groups is 3. The van der Waals surface area contributed by atoms with Gasteiger partial charge >= 0.3 is 12.1 Å². The molecule has 2 aromatic rings. The highest BCUT2D eigenvalue weighted by Gasteiger charge is 2.48. The van der Waals surface area contributed by atoms with Gasteiger partial charge in [0.1, 0.15) is 12.1 Å². The number of alkyl carbamates (subject to hydrolysis) is 1. The number of aliphatic carboxylic acids is 1. The summed E-state index contributed by atoms with van der Waals surface area (Å²) in [6.45, 7) is 5.35. The molecule has 7 heteroatoms. The lowest BCUT2D eigenvalue weighted by atomic mass is 9.89. The molecule has 0 spiro atoms. The molecule has 1 saturated carbocycles. The standard InChI is InChI=1S/C27H32N2O5/c1-26(2,24(31)32)14-15-28-23(30)27(3,17-12-13-17)29-25(33)34-16-22-20-10-6-4-8-18(20)19-9-5-7-11-21(19)22/h4-11,17,22H,12-16H2,1-3H3,(H,28,30)(H,29,33)(H,31,32). The van der Waals surface area contributed by atoms with Gasteiger partial charge in [0, 0.05) is 12.5 Å². The topological polar surface area (TPSA) is 105 Å². The first-order valence-corrected chi connectivity index (χ1v) is 11.8. The van der Waals surface area contributed by atoms with E-state index in [1.807, 2.05) is 24.3 Å². The summed E-state index contributed by atoms with van der Waals surface area (Å²) in [6, 6.07) is 16.2. The molecule has 1 fully saturated rings. The number of hydrogen-bond donors (Lipinski definition) is 3. The lowest BCUT2D eigenvalue weighted by molar-refractivity contribution is -0.147. The first-order chi connectivity index (χ1) is 16.1. The lowest BCUT2D eigenvalue weighted by Crippen LogP contribution is -2.58.